The van der Waals surface area contributed by atoms with E-state index in [4.69, 9.17) is 33.2 Å². The van der Waals surface area contributed by atoms with Crippen LogP contribution in [0.5, 0.6) is 11.5 Å². The molecule has 0 N–H and O–H groups in total. The summed E-state index contributed by atoms with van der Waals surface area (Å²) in [5, 5.41) is 8.10. The molecule has 2 rings (SSSR count). The molecule has 132 valence electrons. The van der Waals surface area contributed by atoms with Crippen LogP contribution in [0.2, 0.25) is 10.0 Å². The first-order chi connectivity index (χ1) is 11.5. The molecule has 0 aliphatic rings. The van der Waals surface area contributed by atoms with Gasteiger partial charge in [-0.05, 0) is 24.3 Å². The second kappa shape index (κ2) is 6.71. The lowest BCUT2D eigenvalue weighted by molar-refractivity contribution is -0.0436. The summed E-state index contributed by atoms with van der Waals surface area (Å²) in [4.78, 5) is -1.29. The fourth-order valence-corrected chi connectivity index (χ4v) is 3.32. The molecule has 0 unspecified atom stereocenters. The van der Waals surface area contributed by atoms with Crippen LogP contribution >= 0.6 is 23.2 Å². The predicted molar refractivity (Wildman–Crippen MR) is 80.9 cm³/mol. The maximum absolute atomic E-state index is 13.3. The van der Waals surface area contributed by atoms with E-state index in [1.807, 2.05) is 0 Å². The van der Waals surface area contributed by atoms with Crippen molar-refractivity contribution in [1.29, 1.82) is 5.26 Å². The van der Waals surface area contributed by atoms with Crippen molar-refractivity contribution in [3.05, 3.63) is 51.8 Å². The summed E-state index contributed by atoms with van der Waals surface area (Å²) in [6.07, 6.45) is 0. The minimum atomic E-state index is -5.76. The van der Waals surface area contributed by atoms with Gasteiger partial charge in [0.05, 0.1) is 9.92 Å². The lowest BCUT2D eigenvalue weighted by Crippen LogP contribution is -2.23. The van der Waals surface area contributed by atoms with E-state index in [2.05, 4.69) is 0 Å². The van der Waals surface area contributed by atoms with Gasteiger partial charge in [0, 0.05) is 11.1 Å². The molecule has 25 heavy (non-hydrogen) atoms. The zero-order valence-electron chi connectivity index (χ0n) is 11.7. The normalized spacial score (nSPS) is 11.9. The van der Waals surface area contributed by atoms with Crippen LogP contribution in [0.15, 0.2) is 35.2 Å². The van der Waals surface area contributed by atoms with Crippen LogP contribution in [0, 0.1) is 17.1 Å². The summed E-state index contributed by atoms with van der Waals surface area (Å²) in [5.74, 6) is -1.29. The molecule has 4 nitrogen and oxygen atoms in total. The van der Waals surface area contributed by atoms with Crippen LogP contribution in [0.25, 0.3) is 0 Å². The summed E-state index contributed by atoms with van der Waals surface area (Å²) < 4.78 is 79.4. The summed E-state index contributed by atoms with van der Waals surface area (Å²) in [6, 6.07) is 5.88. The topological polar surface area (TPSA) is 67.2 Å². The van der Waals surface area contributed by atoms with Crippen molar-refractivity contribution in [3.8, 4) is 17.6 Å². The van der Waals surface area contributed by atoms with Gasteiger partial charge in [0.15, 0.2) is 0 Å². The van der Waals surface area contributed by atoms with Crippen LogP contribution in [0.3, 0.4) is 0 Å². The second-order valence-corrected chi connectivity index (χ2v) is 7.24. The Hall–Kier alpha value is -2.02. The predicted octanol–water partition coefficient (Wildman–Crippen LogP) is 5.09. The quantitative estimate of drug-likeness (QED) is 0.657. The molecule has 0 saturated heterocycles. The zero-order chi connectivity index (χ0) is 19.0. The molecule has 0 aliphatic carbocycles. The fraction of sp³-hybridized carbons (Fsp3) is 0.0714. The van der Waals surface area contributed by atoms with Gasteiger partial charge in [0.2, 0.25) is 0 Å². The first kappa shape index (κ1) is 19.3. The van der Waals surface area contributed by atoms with Gasteiger partial charge >= 0.3 is 5.51 Å². The average molecular weight is 414 g/mol. The number of nitrogens with zero attached hydrogens (tertiary/aromatic N) is 1. The van der Waals surface area contributed by atoms with Crippen LogP contribution in [-0.2, 0) is 9.84 Å². The molecule has 0 bridgehead atoms. The molecule has 0 heterocycles. The molecule has 0 fully saturated rings. The van der Waals surface area contributed by atoms with Crippen molar-refractivity contribution >= 4 is 33.0 Å². The Balaban J connectivity index is 2.57. The molecule has 0 aromatic heterocycles. The summed E-state index contributed by atoms with van der Waals surface area (Å²) >= 11 is 11.3. The van der Waals surface area contributed by atoms with Crippen molar-refractivity contribution in [3.63, 3.8) is 0 Å². The third kappa shape index (κ3) is 3.81. The van der Waals surface area contributed by atoms with Gasteiger partial charge in [-0.15, -0.1) is 0 Å². The molecule has 0 amide bonds. The van der Waals surface area contributed by atoms with Crippen molar-refractivity contribution in [2.24, 2.45) is 0 Å². The van der Waals surface area contributed by atoms with E-state index in [9.17, 15) is 26.0 Å². The van der Waals surface area contributed by atoms with Gasteiger partial charge in [-0.1, -0.05) is 23.2 Å². The second-order valence-electron chi connectivity index (χ2n) is 4.52. The Morgan fingerprint density at radius 1 is 1.12 bits per heavy atom. The first-order valence-electron chi connectivity index (χ1n) is 6.15. The molecule has 11 heteroatoms. The van der Waals surface area contributed by atoms with E-state index in [0.29, 0.717) is 6.07 Å². The standard InChI is InChI=1S/C14H5Cl2F4NO3S/c15-7-3-8(17)5-9(4-7)24-11-1-2-12(13(16)10(11)6-21)25(22,23)14(18,19)20/h1-5H. The van der Waals surface area contributed by atoms with Crippen molar-refractivity contribution in [1.82, 2.24) is 0 Å². The van der Waals surface area contributed by atoms with E-state index in [-0.39, 0.29) is 16.5 Å². The fourth-order valence-electron chi connectivity index (χ4n) is 1.78. The van der Waals surface area contributed by atoms with Gasteiger partial charge in [-0.2, -0.15) is 18.4 Å². The van der Waals surface area contributed by atoms with Crippen molar-refractivity contribution in [2.45, 2.75) is 10.4 Å². The van der Waals surface area contributed by atoms with Gasteiger partial charge in [-0.3, -0.25) is 0 Å². The number of sulfone groups is 1. The van der Waals surface area contributed by atoms with Gasteiger partial charge < -0.3 is 4.74 Å². The van der Waals surface area contributed by atoms with E-state index < -0.39 is 36.6 Å². The first-order valence-corrected chi connectivity index (χ1v) is 8.39. The molecule has 2 aromatic rings. The number of halogens is 6. The Kier molecular flexibility index (Phi) is 5.18. The largest absolute Gasteiger partial charge is 0.501 e. The maximum Gasteiger partial charge on any atom is 0.501 e. The molecule has 0 radical (unpaired) electrons. The zero-order valence-corrected chi connectivity index (χ0v) is 14.1. The minimum absolute atomic E-state index is 0.0316. The number of ether oxygens (including phenoxy) is 1. The smallest absolute Gasteiger partial charge is 0.456 e. The van der Waals surface area contributed by atoms with Crippen molar-refractivity contribution < 1.29 is 30.7 Å². The minimum Gasteiger partial charge on any atom is -0.456 e. The van der Waals surface area contributed by atoms with E-state index in [0.717, 1.165) is 18.2 Å². The van der Waals surface area contributed by atoms with Crippen LogP contribution < -0.4 is 4.74 Å². The Labute approximate surface area is 149 Å². The molecule has 0 aliphatic heterocycles. The lowest BCUT2D eigenvalue weighted by Gasteiger charge is -2.13. The molecule has 2 aromatic carbocycles. The Morgan fingerprint density at radius 3 is 2.28 bits per heavy atom. The van der Waals surface area contributed by atoms with Crippen molar-refractivity contribution in [2.75, 3.05) is 0 Å². The number of rotatable bonds is 3. The highest BCUT2D eigenvalue weighted by Crippen LogP contribution is 2.39. The highest BCUT2D eigenvalue weighted by atomic mass is 35.5. The summed E-state index contributed by atoms with van der Waals surface area (Å²) in [5.41, 5.74) is -6.26. The third-order valence-electron chi connectivity index (χ3n) is 2.84. The van der Waals surface area contributed by atoms with Gasteiger partial charge in [0.1, 0.15) is 28.9 Å². The highest BCUT2D eigenvalue weighted by Gasteiger charge is 2.48. The lowest BCUT2D eigenvalue weighted by atomic mass is 10.2. The molecule has 0 spiro atoms. The van der Waals surface area contributed by atoms with E-state index >= 15 is 0 Å². The molecule has 0 atom stereocenters. The van der Waals surface area contributed by atoms with E-state index in [1.165, 1.54) is 12.1 Å². The van der Waals surface area contributed by atoms with Gasteiger partial charge in [-0.25, -0.2) is 12.8 Å². The highest BCUT2D eigenvalue weighted by molar-refractivity contribution is 7.92. The van der Waals surface area contributed by atoms with Crippen LogP contribution in [-0.4, -0.2) is 13.9 Å². The molecule has 0 saturated carbocycles. The Morgan fingerprint density at radius 2 is 1.76 bits per heavy atom. The number of hydrogen-bond donors (Lipinski definition) is 0. The summed E-state index contributed by atoms with van der Waals surface area (Å²) in [7, 11) is -5.76. The molecular weight excluding hydrogens is 409 g/mol. The maximum atomic E-state index is 13.3. The third-order valence-corrected chi connectivity index (χ3v) is 5.09. The monoisotopic (exact) mass is 413 g/mol. The number of hydrogen-bond acceptors (Lipinski definition) is 4. The number of alkyl halides is 3. The van der Waals surface area contributed by atoms with E-state index in [1.54, 1.807) is 0 Å². The number of nitriles is 1. The summed E-state index contributed by atoms with van der Waals surface area (Å²) in [6.45, 7) is 0. The van der Waals surface area contributed by atoms with Crippen LogP contribution in [0.1, 0.15) is 5.56 Å². The van der Waals surface area contributed by atoms with Gasteiger partial charge in [0.25, 0.3) is 9.84 Å². The van der Waals surface area contributed by atoms with Crippen LogP contribution in [0.4, 0.5) is 17.6 Å². The number of benzene rings is 2. The average Bonchev–Trinajstić information content (AvgIpc) is 2.45. The Bertz CT molecular complexity index is 965. The SMILES string of the molecule is N#Cc1c(Oc2cc(F)cc(Cl)c2)ccc(S(=O)(=O)C(F)(F)F)c1Cl. The molecular formula is C14H5Cl2F4NO3S.